The van der Waals surface area contributed by atoms with Crippen molar-refractivity contribution >= 4 is 17.2 Å². The van der Waals surface area contributed by atoms with Crippen molar-refractivity contribution in [3.63, 3.8) is 0 Å². The van der Waals surface area contributed by atoms with Crippen LogP contribution in [0.25, 0.3) is 11.3 Å². The lowest BCUT2D eigenvalue weighted by Gasteiger charge is -2.36. The van der Waals surface area contributed by atoms with Crippen LogP contribution >= 0.6 is 11.3 Å². The van der Waals surface area contributed by atoms with Gasteiger partial charge in [0, 0.05) is 49.4 Å². The molecule has 0 spiro atoms. The number of hydrogen-bond donors (Lipinski definition) is 1. The minimum absolute atomic E-state index is 0.0981. The summed E-state index contributed by atoms with van der Waals surface area (Å²) in [5.41, 5.74) is 2.67. The molecule has 3 rings (SSSR count). The Morgan fingerprint density at radius 3 is 2.64 bits per heavy atom. The van der Waals surface area contributed by atoms with E-state index in [0.717, 1.165) is 35.0 Å². The first-order valence-electron chi connectivity index (χ1n) is 7.58. The van der Waals surface area contributed by atoms with Crippen LogP contribution in [0.3, 0.4) is 0 Å². The Bertz CT molecular complexity index is 680. The number of carbonyl (C=O) groups is 1. The van der Waals surface area contributed by atoms with Crippen LogP contribution in [0, 0.1) is 6.92 Å². The Labute approximate surface area is 135 Å². The normalized spacial score (nSPS) is 22.1. The predicted molar refractivity (Wildman–Crippen MR) is 89.2 cm³/mol. The number of rotatable bonds is 2. The lowest BCUT2D eigenvalue weighted by molar-refractivity contribution is 0.0664. The number of hydrogen-bond acceptors (Lipinski definition) is 4. The summed E-state index contributed by atoms with van der Waals surface area (Å²) in [6.07, 6.45) is 1.98. The molecule has 2 atom stereocenters. The fourth-order valence-electron chi connectivity index (χ4n) is 3.07. The van der Waals surface area contributed by atoms with E-state index < -0.39 is 0 Å². The third-order valence-corrected chi connectivity index (χ3v) is 4.76. The van der Waals surface area contributed by atoms with Crippen LogP contribution < -0.4 is 5.32 Å². The molecule has 0 aliphatic carbocycles. The summed E-state index contributed by atoms with van der Waals surface area (Å²) in [5.74, 6) is 0.0981. The first-order chi connectivity index (χ1) is 10.4. The molecule has 1 N–H and O–H groups in total. The first-order valence-corrected chi connectivity index (χ1v) is 8.46. The molecule has 1 aliphatic heterocycles. The van der Waals surface area contributed by atoms with Crippen molar-refractivity contribution in [3.05, 3.63) is 28.3 Å². The SMILES string of the molecule is Cc1nc(-c2cc(C(=O)N3C[C@@H](C)N[C@H](C)C3)n(C)c2)cs1. The summed E-state index contributed by atoms with van der Waals surface area (Å²) in [6, 6.07) is 2.61. The largest absolute Gasteiger partial charge is 0.346 e. The lowest BCUT2D eigenvalue weighted by atomic mass is 10.1. The maximum absolute atomic E-state index is 12.8. The molecule has 0 unspecified atom stereocenters. The first kappa shape index (κ1) is 15.2. The Balaban J connectivity index is 1.85. The molecule has 118 valence electrons. The maximum atomic E-state index is 12.8. The fourth-order valence-corrected chi connectivity index (χ4v) is 3.69. The van der Waals surface area contributed by atoms with Gasteiger partial charge in [0.2, 0.25) is 0 Å². The van der Waals surface area contributed by atoms with Crippen LogP contribution in [0.15, 0.2) is 17.6 Å². The van der Waals surface area contributed by atoms with E-state index in [1.807, 2.05) is 41.1 Å². The second-order valence-electron chi connectivity index (χ2n) is 6.16. The van der Waals surface area contributed by atoms with E-state index >= 15 is 0 Å². The molecular formula is C16H22N4OS. The second kappa shape index (κ2) is 5.85. The fraction of sp³-hybridized carbons (Fsp3) is 0.500. The number of piperazine rings is 1. The number of nitrogens with zero attached hydrogens (tertiary/aromatic N) is 3. The molecule has 1 aliphatic rings. The van der Waals surface area contributed by atoms with Crippen LogP contribution in [0.4, 0.5) is 0 Å². The quantitative estimate of drug-likeness (QED) is 0.924. The lowest BCUT2D eigenvalue weighted by Crippen LogP contribution is -2.56. The highest BCUT2D eigenvalue weighted by molar-refractivity contribution is 7.09. The molecule has 22 heavy (non-hydrogen) atoms. The zero-order valence-corrected chi connectivity index (χ0v) is 14.3. The molecule has 0 bridgehead atoms. The highest BCUT2D eigenvalue weighted by Crippen LogP contribution is 2.24. The Morgan fingerprint density at radius 1 is 1.36 bits per heavy atom. The molecule has 1 fully saturated rings. The van der Waals surface area contributed by atoms with Gasteiger partial charge in [0.05, 0.1) is 10.7 Å². The Hall–Kier alpha value is -1.66. The monoisotopic (exact) mass is 318 g/mol. The third kappa shape index (κ3) is 2.94. The molecule has 6 heteroatoms. The van der Waals surface area contributed by atoms with Gasteiger partial charge in [-0.3, -0.25) is 4.79 Å². The molecule has 1 amide bonds. The van der Waals surface area contributed by atoms with Crippen molar-refractivity contribution < 1.29 is 4.79 Å². The molecule has 2 aromatic rings. The molecule has 5 nitrogen and oxygen atoms in total. The number of aryl methyl sites for hydroxylation is 2. The van der Waals surface area contributed by atoms with Gasteiger partial charge >= 0.3 is 0 Å². The summed E-state index contributed by atoms with van der Waals surface area (Å²) in [5, 5.41) is 6.53. The van der Waals surface area contributed by atoms with Crippen LogP contribution in [-0.2, 0) is 7.05 Å². The highest BCUT2D eigenvalue weighted by Gasteiger charge is 2.27. The van der Waals surface area contributed by atoms with Crippen molar-refractivity contribution in [1.82, 2.24) is 19.8 Å². The minimum atomic E-state index is 0.0981. The summed E-state index contributed by atoms with van der Waals surface area (Å²) in [4.78, 5) is 19.3. The van der Waals surface area contributed by atoms with Crippen LogP contribution in [0.2, 0.25) is 0 Å². The van der Waals surface area contributed by atoms with Crippen molar-refractivity contribution in [2.75, 3.05) is 13.1 Å². The van der Waals surface area contributed by atoms with Gasteiger partial charge < -0.3 is 14.8 Å². The van der Waals surface area contributed by atoms with E-state index in [-0.39, 0.29) is 5.91 Å². The van der Waals surface area contributed by atoms with Gasteiger partial charge in [-0.1, -0.05) is 0 Å². The number of amides is 1. The van der Waals surface area contributed by atoms with E-state index in [1.165, 1.54) is 0 Å². The van der Waals surface area contributed by atoms with Gasteiger partial charge in [-0.05, 0) is 26.8 Å². The van der Waals surface area contributed by atoms with Gasteiger partial charge in [0.15, 0.2) is 0 Å². The van der Waals surface area contributed by atoms with Gasteiger partial charge in [0.1, 0.15) is 5.69 Å². The van der Waals surface area contributed by atoms with Gasteiger partial charge in [0.25, 0.3) is 5.91 Å². The summed E-state index contributed by atoms with van der Waals surface area (Å²) >= 11 is 1.63. The van der Waals surface area contributed by atoms with Gasteiger partial charge in [-0.2, -0.15) is 0 Å². The summed E-state index contributed by atoms with van der Waals surface area (Å²) < 4.78 is 1.91. The molecule has 1 saturated heterocycles. The summed E-state index contributed by atoms with van der Waals surface area (Å²) in [7, 11) is 1.92. The number of thiazole rings is 1. The molecular weight excluding hydrogens is 296 g/mol. The molecule has 3 heterocycles. The van der Waals surface area contributed by atoms with Crippen molar-refractivity contribution in [2.45, 2.75) is 32.9 Å². The van der Waals surface area contributed by atoms with Gasteiger partial charge in [-0.15, -0.1) is 11.3 Å². The average Bonchev–Trinajstić information content (AvgIpc) is 3.03. The second-order valence-corrected chi connectivity index (χ2v) is 7.22. The molecule has 0 saturated carbocycles. The van der Waals surface area contributed by atoms with E-state index in [9.17, 15) is 4.79 Å². The van der Waals surface area contributed by atoms with Crippen molar-refractivity contribution in [1.29, 1.82) is 0 Å². The minimum Gasteiger partial charge on any atom is -0.346 e. The van der Waals surface area contributed by atoms with E-state index in [0.29, 0.717) is 12.1 Å². The van der Waals surface area contributed by atoms with E-state index in [2.05, 4.69) is 24.1 Å². The van der Waals surface area contributed by atoms with Crippen LogP contribution in [-0.4, -0.2) is 45.5 Å². The highest BCUT2D eigenvalue weighted by atomic mass is 32.1. The Morgan fingerprint density at radius 2 is 2.05 bits per heavy atom. The number of carbonyl (C=O) groups excluding carboxylic acids is 1. The van der Waals surface area contributed by atoms with E-state index in [4.69, 9.17) is 0 Å². The number of aromatic nitrogens is 2. The Kier molecular flexibility index (Phi) is 4.06. The number of nitrogens with one attached hydrogen (secondary N) is 1. The van der Waals surface area contributed by atoms with Gasteiger partial charge in [-0.25, -0.2) is 4.98 Å². The van der Waals surface area contributed by atoms with E-state index in [1.54, 1.807) is 11.3 Å². The van der Waals surface area contributed by atoms with Crippen LogP contribution in [0.1, 0.15) is 29.3 Å². The zero-order valence-electron chi connectivity index (χ0n) is 13.5. The van der Waals surface area contributed by atoms with Crippen molar-refractivity contribution in [2.24, 2.45) is 7.05 Å². The zero-order chi connectivity index (χ0) is 15.9. The topological polar surface area (TPSA) is 50.2 Å². The predicted octanol–water partition coefficient (Wildman–Crippen LogP) is 2.28. The molecule has 2 aromatic heterocycles. The van der Waals surface area contributed by atoms with Crippen molar-refractivity contribution in [3.8, 4) is 11.3 Å². The third-order valence-electron chi connectivity index (χ3n) is 3.98. The maximum Gasteiger partial charge on any atom is 0.270 e. The smallest absolute Gasteiger partial charge is 0.270 e. The average molecular weight is 318 g/mol. The molecule has 0 radical (unpaired) electrons. The summed E-state index contributed by atoms with van der Waals surface area (Å²) in [6.45, 7) is 7.72. The van der Waals surface area contributed by atoms with Crippen LogP contribution in [0.5, 0.6) is 0 Å². The molecule has 0 aromatic carbocycles. The standard InChI is InChI=1S/C16H22N4OS/c1-10-6-20(7-11(2)17-10)16(21)15-5-13(8-19(15)4)14-9-22-12(3)18-14/h5,8-11,17H,6-7H2,1-4H3/t10-,11-/m1/s1.